The number of carbonyl (C=O) groups excluding carboxylic acids is 2. The lowest BCUT2D eigenvalue weighted by molar-refractivity contribution is 0.0731. The van der Waals surface area contributed by atoms with Crippen LogP contribution in [0.5, 0.6) is 5.75 Å². The molecule has 37 heavy (non-hydrogen) atoms. The largest absolute Gasteiger partial charge is 0.491 e. The molecule has 0 unspecified atom stereocenters. The monoisotopic (exact) mass is 525 g/mol. The number of carbonyl (C=O) groups is 2. The van der Waals surface area contributed by atoms with Crippen molar-refractivity contribution in [3.05, 3.63) is 77.1 Å². The molecule has 0 bridgehead atoms. The fourth-order valence-corrected chi connectivity index (χ4v) is 5.05. The van der Waals surface area contributed by atoms with Crippen LogP contribution in [-0.2, 0) is 22.8 Å². The van der Waals surface area contributed by atoms with Crippen LogP contribution in [-0.4, -0.2) is 51.7 Å². The first-order chi connectivity index (χ1) is 17.6. The van der Waals surface area contributed by atoms with Gasteiger partial charge in [0.05, 0.1) is 6.54 Å². The number of fused-ring (bicyclic) bond motifs is 1. The van der Waals surface area contributed by atoms with E-state index in [4.69, 9.17) is 4.74 Å². The molecule has 0 aliphatic carbocycles. The second-order valence-corrected chi connectivity index (χ2v) is 10.7. The molecule has 0 radical (unpaired) electrons. The third-order valence-electron chi connectivity index (χ3n) is 6.22. The van der Waals surface area contributed by atoms with E-state index in [2.05, 4.69) is 10.6 Å². The van der Waals surface area contributed by atoms with Crippen molar-refractivity contribution in [2.24, 2.45) is 0 Å². The van der Waals surface area contributed by atoms with E-state index in [1.807, 2.05) is 30.3 Å². The van der Waals surface area contributed by atoms with E-state index in [0.717, 1.165) is 29.0 Å². The number of rotatable bonds is 5. The maximum Gasteiger partial charge on any atom is 0.318 e. The molecule has 3 aromatic carbocycles. The molecule has 3 amide bonds. The van der Waals surface area contributed by atoms with Gasteiger partial charge >= 0.3 is 6.03 Å². The van der Waals surface area contributed by atoms with Crippen molar-refractivity contribution in [3.8, 4) is 16.9 Å². The first kappa shape index (κ1) is 26.2. The van der Waals surface area contributed by atoms with Crippen LogP contribution in [0.4, 0.5) is 14.9 Å². The Balaban J connectivity index is 1.62. The zero-order chi connectivity index (χ0) is 26.7. The van der Waals surface area contributed by atoms with E-state index >= 15 is 4.39 Å². The molecule has 0 spiro atoms. The Hall–Kier alpha value is -3.92. The summed E-state index contributed by atoms with van der Waals surface area (Å²) in [4.78, 5) is 26.2. The molecule has 0 atom stereocenters. The van der Waals surface area contributed by atoms with Crippen molar-refractivity contribution in [2.45, 2.75) is 24.8 Å². The summed E-state index contributed by atoms with van der Waals surface area (Å²) in [6, 6.07) is 15.3. The van der Waals surface area contributed by atoms with Crippen LogP contribution in [0, 0.1) is 5.82 Å². The third kappa shape index (κ3) is 5.59. The Morgan fingerprint density at radius 1 is 1.05 bits per heavy atom. The fourth-order valence-electron chi connectivity index (χ4n) is 4.29. The van der Waals surface area contributed by atoms with Gasteiger partial charge in [0.1, 0.15) is 23.1 Å². The standard InChI is InChI=1S/C27H28FN3O5S/c1-4-21-22(10-12-24(25(21)28)37(3,34)35)26(32)31-13-14-36-23-11-7-18(15-19(23)16-31)17-5-8-20(9-6-17)30-27(33)29-2/h5-12,15H,4,13-14,16H2,1-3H3,(H2,29,30,33). The number of halogens is 1. The van der Waals surface area contributed by atoms with Crippen molar-refractivity contribution in [1.82, 2.24) is 10.2 Å². The molecule has 8 nitrogen and oxygen atoms in total. The van der Waals surface area contributed by atoms with Gasteiger partial charge in [-0.25, -0.2) is 17.6 Å². The van der Waals surface area contributed by atoms with Gasteiger partial charge in [0.15, 0.2) is 9.84 Å². The number of nitrogens with zero attached hydrogens (tertiary/aromatic N) is 1. The van der Waals surface area contributed by atoms with Gasteiger partial charge in [0.25, 0.3) is 5.91 Å². The highest BCUT2D eigenvalue weighted by Crippen LogP contribution is 2.31. The Morgan fingerprint density at radius 2 is 1.76 bits per heavy atom. The van der Waals surface area contributed by atoms with Crippen molar-refractivity contribution in [1.29, 1.82) is 0 Å². The average Bonchev–Trinajstić information content (AvgIpc) is 3.09. The number of benzene rings is 3. The molecule has 0 aromatic heterocycles. The molecule has 194 valence electrons. The number of hydrogen-bond acceptors (Lipinski definition) is 5. The topological polar surface area (TPSA) is 105 Å². The minimum atomic E-state index is -3.76. The van der Waals surface area contributed by atoms with Gasteiger partial charge < -0.3 is 20.3 Å². The Kier molecular flexibility index (Phi) is 7.49. The van der Waals surface area contributed by atoms with E-state index in [-0.39, 0.29) is 42.6 Å². The van der Waals surface area contributed by atoms with Gasteiger partial charge in [-0.05, 0) is 53.9 Å². The third-order valence-corrected chi connectivity index (χ3v) is 7.34. The summed E-state index contributed by atoms with van der Waals surface area (Å²) in [7, 11) is -2.22. The minimum absolute atomic E-state index is 0.0810. The quantitative estimate of drug-likeness (QED) is 0.518. The van der Waals surface area contributed by atoms with Crippen LogP contribution in [0.25, 0.3) is 11.1 Å². The van der Waals surface area contributed by atoms with Crippen molar-refractivity contribution in [3.63, 3.8) is 0 Å². The molecule has 4 rings (SSSR count). The number of anilines is 1. The molecule has 0 fully saturated rings. The highest BCUT2D eigenvalue weighted by Gasteiger charge is 2.27. The summed E-state index contributed by atoms with van der Waals surface area (Å²) in [6.45, 7) is 2.49. The van der Waals surface area contributed by atoms with Gasteiger partial charge in [-0.2, -0.15) is 0 Å². The second-order valence-electron chi connectivity index (χ2n) is 8.71. The number of nitrogens with one attached hydrogen (secondary N) is 2. The minimum Gasteiger partial charge on any atom is -0.491 e. The molecule has 2 N–H and O–H groups in total. The lowest BCUT2D eigenvalue weighted by Gasteiger charge is -2.22. The smallest absolute Gasteiger partial charge is 0.318 e. The molecule has 1 aliphatic heterocycles. The van der Waals surface area contributed by atoms with Gasteiger partial charge in [0, 0.05) is 42.2 Å². The Morgan fingerprint density at radius 3 is 2.41 bits per heavy atom. The lowest BCUT2D eigenvalue weighted by atomic mass is 10.0. The normalized spacial score (nSPS) is 13.2. The van der Waals surface area contributed by atoms with E-state index in [1.54, 1.807) is 31.0 Å². The molecular weight excluding hydrogens is 497 g/mol. The maximum absolute atomic E-state index is 15.0. The predicted octanol–water partition coefficient (Wildman–Crippen LogP) is 4.24. The summed E-state index contributed by atoms with van der Waals surface area (Å²) < 4.78 is 44.8. The van der Waals surface area contributed by atoms with E-state index in [1.165, 1.54) is 6.07 Å². The first-order valence-corrected chi connectivity index (χ1v) is 13.7. The van der Waals surface area contributed by atoms with E-state index in [9.17, 15) is 18.0 Å². The molecule has 1 heterocycles. The van der Waals surface area contributed by atoms with Crippen molar-refractivity contribution >= 4 is 27.5 Å². The fraction of sp³-hybridized carbons (Fsp3) is 0.259. The van der Waals surface area contributed by atoms with Gasteiger partial charge in [0.2, 0.25) is 0 Å². The predicted molar refractivity (Wildman–Crippen MR) is 139 cm³/mol. The molecule has 0 saturated heterocycles. The molecular formula is C27H28FN3O5S. The summed E-state index contributed by atoms with van der Waals surface area (Å²) in [6.07, 6.45) is 1.12. The molecule has 3 aromatic rings. The van der Waals surface area contributed by atoms with E-state index < -0.39 is 20.5 Å². The highest BCUT2D eigenvalue weighted by atomic mass is 32.2. The Bertz CT molecular complexity index is 1460. The van der Waals surface area contributed by atoms with Gasteiger partial charge in [-0.15, -0.1) is 0 Å². The second kappa shape index (κ2) is 10.6. The van der Waals surface area contributed by atoms with Crippen LogP contribution in [0.1, 0.15) is 28.4 Å². The number of sulfone groups is 1. The number of hydrogen-bond donors (Lipinski definition) is 2. The molecule has 10 heteroatoms. The number of ether oxygens (including phenoxy) is 1. The van der Waals surface area contributed by atoms with Gasteiger partial charge in [-0.3, -0.25) is 4.79 Å². The van der Waals surface area contributed by atoms with Crippen LogP contribution >= 0.6 is 0 Å². The molecule has 1 aliphatic rings. The van der Waals surface area contributed by atoms with Crippen LogP contribution in [0.15, 0.2) is 59.5 Å². The number of amides is 3. The average molecular weight is 526 g/mol. The summed E-state index contributed by atoms with van der Waals surface area (Å²) in [5.74, 6) is -0.604. The van der Waals surface area contributed by atoms with Crippen LogP contribution in [0.3, 0.4) is 0 Å². The maximum atomic E-state index is 15.0. The van der Waals surface area contributed by atoms with Crippen molar-refractivity contribution < 1.29 is 27.1 Å². The van der Waals surface area contributed by atoms with Crippen LogP contribution < -0.4 is 15.4 Å². The summed E-state index contributed by atoms with van der Waals surface area (Å²) in [5.41, 5.74) is 3.49. The molecule has 0 saturated carbocycles. The van der Waals surface area contributed by atoms with Crippen LogP contribution in [0.2, 0.25) is 0 Å². The highest BCUT2D eigenvalue weighted by molar-refractivity contribution is 7.90. The summed E-state index contributed by atoms with van der Waals surface area (Å²) >= 11 is 0. The Labute approximate surface area is 215 Å². The SMILES string of the molecule is CCc1c(C(=O)N2CCOc3ccc(-c4ccc(NC(=O)NC)cc4)cc3C2)ccc(S(C)(=O)=O)c1F. The van der Waals surface area contributed by atoms with Gasteiger partial charge in [-0.1, -0.05) is 25.1 Å². The zero-order valence-electron chi connectivity index (χ0n) is 20.8. The summed E-state index contributed by atoms with van der Waals surface area (Å²) in [5, 5.41) is 5.21. The first-order valence-electron chi connectivity index (χ1n) is 11.8. The van der Waals surface area contributed by atoms with Crippen molar-refractivity contribution in [2.75, 3.05) is 31.8 Å². The number of urea groups is 1. The van der Waals surface area contributed by atoms with E-state index in [0.29, 0.717) is 18.0 Å². The lowest BCUT2D eigenvalue weighted by Crippen LogP contribution is -2.33. The zero-order valence-corrected chi connectivity index (χ0v) is 21.6.